The second kappa shape index (κ2) is 1.90. The summed E-state index contributed by atoms with van der Waals surface area (Å²) in [6.45, 7) is 0. The van der Waals surface area contributed by atoms with Gasteiger partial charge in [-0.05, 0) is 22.9 Å². The fourth-order valence-electron chi connectivity index (χ4n) is 1.69. The van der Waals surface area contributed by atoms with Gasteiger partial charge in [-0.1, -0.05) is 24.3 Å². The molecular formula is C11H6F2. The fourth-order valence-corrected chi connectivity index (χ4v) is 1.69. The van der Waals surface area contributed by atoms with Crippen LogP contribution in [-0.2, 0) is 5.92 Å². The van der Waals surface area contributed by atoms with Crippen LogP contribution in [0.15, 0.2) is 36.4 Å². The topological polar surface area (TPSA) is 0 Å². The molecule has 0 nitrogen and oxygen atoms in total. The van der Waals surface area contributed by atoms with Gasteiger partial charge in [-0.15, -0.1) is 0 Å². The van der Waals surface area contributed by atoms with Gasteiger partial charge in [0.2, 0.25) is 0 Å². The van der Waals surface area contributed by atoms with Crippen LogP contribution in [0.5, 0.6) is 0 Å². The van der Waals surface area contributed by atoms with E-state index in [2.05, 4.69) is 0 Å². The van der Waals surface area contributed by atoms with Gasteiger partial charge in [0, 0.05) is 11.1 Å². The maximum absolute atomic E-state index is 12.9. The molecule has 0 aromatic heterocycles. The molecule has 0 saturated carbocycles. The van der Waals surface area contributed by atoms with Crippen molar-refractivity contribution in [2.75, 3.05) is 0 Å². The lowest BCUT2D eigenvalue weighted by molar-refractivity contribution is 0.0990. The monoisotopic (exact) mass is 176 g/mol. The van der Waals surface area contributed by atoms with E-state index in [1.807, 2.05) is 24.3 Å². The third-order valence-electron chi connectivity index (χ3n) is 2.50. The minimum atomic E-state index is -2.65. The van der Waals surface area contributed by atoms with Crippen molar-refractivity contribution >= 4 is 10.8 Å². The number of fused-ring (bicyclic) bond motifs is 2. The van der Waals surface area contributed by atoms with Gasteiger partial charge in [0.25, 0.3) is 5.92 Å². The Kier molecular flexibility index (Phi) is 1.02. The minimum absolute atomic E-state index is 0.186. The lowest BCUT2D eigenvalue weighted by Gasteiger charge is -1.91. The molecule has 64 valence electrons. The van der Waals surface area contributed by atoms with E-state index in [1.165, 1.54) is 0 Å². The zero-order valence-corrected chi connectivity index (χ0v) is 6.72. The first kappa shape index (κ1) is 7.01. The first-order valence-corrected chi connectivity index (χ1v) is 4.11. The Morgan fingerprint density at radius 2 is 1.31 bits per heavy atom. The second-order valence-corrected chi connectivity index (χ2v) is 3.32. The Labute approximate surface area is 73.8 Å². The van der Waals surface area contributed by atoms with E-state index in [0.717, 1.165) is 10.8 Å². The summed E-state index contributed by atoms with van der Waals surface area (Å²) in [4.78, 5) is 0. The summed E-state index contributed by atoms with van der Waals surface area (Å²) in [6.07, 6.45) is 0. The first-order valence-electron chi connectivity index (χ1n) is 4.11. The van der Waals surface area contributed by atoms with Gasteiger partial charge in [-0.25, -0.2) is 0 Å². The zero-order valence-electron chi connectivity index (χ0n) is 6.72. The number of halogens is 2. The van der Waals surface area contributed by atoms with E-state index in [-0.39, 0.29) is 11.1 Å². The first-order chi connectivity index (χ1) is 6.19. The maximum Gasteiger partial charge on any atom is 0.299 e. The van der Waals surface area contributed by atoms with Crippen molar-refractivity contribution in [3.8, 4) is 0 Å². The predicted molar refractivity (Wildman–Crippen MR) is 46.9 cm³/mol. The highest BCUT2D eigenvalue weighted by molar-refractivity contribution is 5.87. The molecule has 1 aliphatic carbocycles. The Bertz CT molecular complexity index is 456. The number of hydrogen-bond donors (Lipinski definition) is 0. The highest BCUT2D eigenvalue weighted by Gasteiger charge is 2.52. The van der Waals surface area contributed by atoms with Gasteiger partial charge in [0.05, 0.1) is 0 Å². The molecule has 0 fully saturated rings. The van der Waals surface area contributed by atoms with E-state index in [9.17, 15) is 8.78 Å². The lowest BCUT2D eigenvalue weighted by atomic mass is 10.1. The van der Waals surface area contributed by atoms with Crippen molar-refractivity contribution in [3.63, 3.8) is 0 Å². The highest BCUT2D eigenvalue weighted by atomic mass is 19.3. The van der Waals surface area contributed by atoms with Crippen LogP contribution < -0.4 is 0 Å². The summed E-state index contributed by atoms with van der Waals surface area (Å²) >= 11 is 0. The van der Waals surface area contributed by atoms with Gasteiger partial charge in [-0.3, -0.25) is 0 Å². The molecular weight excluding hydrogens is 170 g/mol. The average Bonchev–Trinajstić information content (AvgIpc) is 2.66. The van der Waals surface area contributed by atoms with Crippen LogP contribution >= 0.6 is 0 Å². The molecule has 0 saturated heterocycles. The third kappa shape index (κ3) is 0.777. The Hall–Kier alpha value is -1.44. The van der Waals surface area contributed by atoms with Crippen LogP contribution in [0.4, 0.5) is 8.78 Å². The van der Waals surface area contributed by atoms with Crippen LogP contribution in [0, 0.1) is 0 Å². The number of benzene rings is 2. The van der Waals surface area contributed by atoms with Gasteiger partial charge >= 0.3 is 0 Å². The molecule has 2 aromatic rings. The van der Waals surface area contributed by atoms with Crippen molar-refractivity contribution < 1.29 is 8.78 Å². The van der Waals surface area contributed by atoms with E-state index < -0.39 is 5.92 Å². The zero-order chi connectivity index (χ0) is 9.05. The van der Waals surface area contributed by atoms with Crippen molar-refractivity contribution in [3.05, 3.63) is 47.5 Å². The van der Waals surface area contributed by atoms with Crippen molar-refractivity contribution in [1.29, 1.82) is 0 Å². The van der Waals surface area contributed by atoms with Crippen molar-refractivity contribution in [2.24, 2.45) is 0 Å². The normalized spacial score (nSPS) is 17.1. The minimum Gasteiger partial charge on any atom is -0.196 e. The predicted octanol–water partition coefficient (Wildman–Crippen LogP) is 3.29. The van der Waals surface area contributed by atoms with E-state index >= 15 is 0 Å². The molecule has 13 heavy (non-hydrogen) atoms. The smallest absolute Gasteiger partial charge is 0.196 e. The summed E-state index contributed by atoms with van der Waals surface area (Å²) in [7, 11) is 0. The summed E-state index contributed by atoms with van der Waals surface area (Å²) in [6, 6.07) is 10.6. The molecule has 2 aromatic carbocycles. The number of rotatable bonds is 0. The standard InChI is InChI=1S/C11H6F2/c12-11(13)9-5-7-3-1-2-4-8(7)6-10(9)11/h1-6H. The Balaban J connectivity index is 2.37. The molecule has 1 aliphatic rings. The summed E-state index contributed by atoms with van der Waals surface area (Å²) in [5, 5.41) is 1.77. The van der Waals surface area contributed by atoms with E-state index in [0.29, 0.717) is 0 Å². The molecule has 0 atom stereocenters. The van der Waals surface area contributed by atoms with Crippen LogP contribution in [0.25, 0.3) is 10.8 Å². The van der Waals surface area contributed by atoms with Crippen LogP contribution in [-0.4, -0.2) is 0 Å². The molecule has 0 radical (unpaired) electrons. The van der Waals surface area contributed by atoms with Crippen LogP contribution in [0.2, 0.25) is 0 Å². The largest absolute Gasteiger partial charge is 0.299 e. The molecule has 0 N–H and O–H groups in total. The van der Waals surface area contributed by atoms with Gasteiger partial charge in [-0.2, -0.15) is 8.78 Å². The molecule has 0 heterocycles. The van der Waals surface area contributed by atoms with Gasteiger partial charge in [0.1, 0.15) is 0 Å². The average molecular weight is 176 g/mol. The molecule has 0 amide bonds. The van der Waals surface area contributed by atoms with Crippen molar-refractivity contribution in [1.82, 2.24) is 0 Å². The van der Waals surface area contributed by atoms with Crippen LogP contribution in [0.1, 0.15) is 11.1 Å². The number of hydrogen-bond acceptors (Lipinski definition) is 0. The molecule has 0 unspecified atom stereocenters. The Morgan fingerprint density at radius 1 is 0.846 bits per heavy atom. The third-order valence-corrected chi connectivity index (χ3v) is 2.50. The lowest BCUT2D eigenvalue weighted by Crippen LogP contribution is -1.82. The van der Waals surface area contributed by atoms with Crippen molar-refractivity contribution in [2.45, 2.75) is 5.92 Å². The van der Waals surface area contributed by atoms with Gasteiger partial charge < -0.3 is 0 Å². The highest BCUT2D eigenvalue weighted by Crippen LogP contribution is 2.53. The summed E-state index contributed by atoms with van der Waals surface area (Å²) < 4.78 is 25.9. The SMILES string of the molecule is FC1(F)c2cc3ccccc3cc21. The fraction of sp³-hybridized carbons (Fsp3) is 0.0909. The van der Waals surface area contributed by atoms with Crippen LogP contribution in [0.3, 0.4) is 0 Å². The second-order valence-electron chi connectivity index (χ2n) is 3.32. The van der Waals surface area contributed by atoms with Gasteiger partial charge in [0.15, 0.2) is 0 Å². The Morgan fingerprint density at radius 3 is 1.77 bits per heavy atom. The number of alkyl halides is 2. The quantitative estimate of drug-likeness (QED) is 0.577. The van der Waals surface area contributed by atoms with E-state index in [1.54, 1.807) is 12.1 Å². The summed E-state index contributed by atoms with van der Waals surface area (Å²) in [5.74, 6) is -2.65. The molecule has 0 aliphatic heterocycles. The molecule has 0 bridgehead atoms. The molecule has 2 heteroatoms. The molecule has 0 spiro atoms. The van der Waals surface area contributed by atoms with E-state index in [4.69, 9.17) is 0 Å². The molecule has 3 rings (SSSR count). The summed E-state index contributed by atoms with van der Waals surface area (Å²) in [5.41, 5.74) is 0.373. The maximum atomic E-state index is 12.9.